The maximum atomic E-state index is 13.3. The molecule has 37 heavy (non-hydrogen) atoms. The molecule has 11 heteroatoms. The van der Waals surface area contributed by atoms with Crippen LogP contribution >= 0.6 is 11.6 Å². The average Bonchev–Trinajstić information content (AvgIpc) is 2.90. The van der Waals surface area contributed by atoms with E-state index in [-0.39, 0.29) is 37.0 Å². The van der Waals surface area contributed by atoms with Gasteiger partial charge in [0.25, 0.3) is 5.91 Å². The molecule has 3 N–H and O–H groups in total. The zero-order chi connectivity index (χ0) is 26.4. The van der Waals surface area contributed by atoms with E-state index in [1.54, 1.807) is 49.4 Å². The van der Waals surface area contributed by atoms with Crippen molar-refractivity contribution in [3.05, 3.63) is 83.1 Å². The molecule has 1 aliphatic rings. The topological polar surface area (TPSA) is 133 Å². The Morgan fingerprint density at radius 3 is 2.51 bits per heavy atom. The number of amides is 2. The molecule has 0 fully saturated rings. The Balaban J connectivity index is 1.50. The Morgan fingerprint density at radius 2 is 1.84 bits per heavy atom. The predicted octanol–water partition coefficient (Wildman–Crippen LogP) is 3.93. The number of halogens is 1. The maximum absolute atomic E-state index is 13.3. The van der Waals surface area contributed by atoms with Crippen LogP contribution in [0.4, 0.5) is 5.69 Å². The number of rotatable bonds is 8. The van der Waals surface area contributed by atoms with Crippen LogP contribution in [0.1, 0.15) is 29.4 Å². The summed E-state index contributed by atoms with van der Waals surface area (Å²) in [5.74, 6) is -0.485. The lowest BCUT2D eigenvalue weighted by Crippen LogP contribution is -2.56. The molecule has 0 spiro atoms. The fourth-order valence-electron chi connectivity index (χ4n) is 3.53. The highest BCUT2D eigenvalue weighted by Crippen LogP contribution is 2.24. The SMILES string of the molecule is CCC(=O)NC1CN=C(Nc2ccc(Oc3ccnc(C(=O)O)c3)cc2)N(Cc2ccc(Cl)cc2)C1=O. The molecule has 0 bridgehead atoms. The van der Waals surface area contributed by atoms with E-state index in [2.05, 4.69) is 20.6 Å². The summed E-state index contributed by atoms with van der Waals surface area (Å²) in [5, 5.41) is 15.6. The van der Waals surface area contributed by atoms with Crippen molar-refractivity contribution in [2.45, 2.75) is 25.9 Å². The zero-order valence-corrected chi connectivity index (χ0v) is 20.6. The summed E-state index contributed by atoms with van der Waals surface area (Å²) in [6.07, 6.45) is 1.62. The minimum atomic E-state index is -1.15. The smallest absolute Gasteiger partial charge is 0.354 e. The first-order valence-electron chi connectivity index (χ1n) is 11.5. The van der Waals surface area contributed by atoms with E-state index in [1.165, 1.54) is 17.2 Å². The molecule has 3 aromatic rings. The van der Waals surface area contributed by atoms with Gasteiger partial charge in [-0.3, -0.25) is 14.5 Å². The van der Waals surface area contributed by atoms with Crippen molar-refractivity contribution in [2.75, 3.05) is 11.9 Å². The van der Waals surface area contributed by atoms with Crippen LogP contribution in [-0.2, 0) is 16.1 Å². The fraction of sp³-hybridized carbons (Fsp3) is 0.192. The number of nitrogens with one attached hydrogen (secondary N) is 2. The number of pyridine rings is 1. The van der Waals surface area contributed by atoms with Crippen LogP contribution in [-0.4, -0.2) is 51.3 Å². The third-order valence-corrected chi connectivity index (χ3v) is 5.70. The maximum Gasteiger partial charge on any atom is 0.354 e. The molecule has 2 amide bonds. The summed E-state index contributed by atoms with van der Waals surface area (Å²) >= 11 is 6.00. The van der Waals surface area contributed by atoms with Crippen molar-refractivity contribution < 1.29 is 24.2 Å². The number of aliphatic imine (C=N–C) groups is 1. The van der Waals surface area contributed by atoms with Crippen LogP contribution in [0.25, 0.3) is 0 Å². The third-order valence-electron chi connectivity index (χ3n) is 5.45. The van der Waals surface area contributed by atoms with Crippen LogP contribution in [0.5, 0.6) is 11.5 Å². The van der Waals surface area contributed by atoms with Crippen LogP contribution < -0.4 is 15.4 Å². The Hall–Kier alpha value is -4.44. The van der Waals surface area contributed by atoms with E-state index in [1.807, 2.05) is 12.1 Å². The molecule has 10 nitrogen and oxygen atoms in total. The van der Waals surface area contributed by atoms with Crippen molar-refractivity contribution >= 4 is 41.0 Å². The third kappa shape index (κ3) is 6.62. The minimum Gasteiger partial charge on any atom is -0.477 e. The Labute approximate surface area is 217 Å². The normalized spacial score (nSPS) is 15.1. The highest BCUT2D eigenvalue weighted by Gasteiger charge is 2.33. The van der Waals surface area contributed by atoms with Gasteiger partial charge in [-0.05, 0) is 48.0 Å². The molecular formula is C26H24ClN5O5. The van der Waals surface area contributed by atoms with Gasteiger partial charge in [0, 0.05) is 29.4 Å². The number of carboxylic acids is 1. The van der Waals surface area contributed by atoms with Gasteiger partial charge in [-0.2, -0.15) is 0 Å². The van der Waals surface area contributed by atoms with E-state index in [4.69, 9.17) is 21.4 Å². The first-order valence-corrected chi connectivity index (χ1v) is 11.8. The van der Waals surface area contributed by atoms with Crippen molar-refractivity contribution in [3.8, 4) is 11.5 Å². The van der Waals surface area contributed by atoms with Gasteiger partial charge >= 0.3 is 5.97 Å². The number of benzene rings is 2. The highest BCUT2D eigenvalue weighted by atomic mass is 35.5. The lowest BCUT2D eigenvalue weighted by atomic mass is 10.1. The summed E-state index contributed by atoms with van der Waals surface area (Å²) in [7, 11) is 0. The number of nitrogens with zero attached hydrogens (tertiary/aromatic N) is 3. The van der Waals surface area contributed by atoms with Crippen molar-refractivity contribution in [1.82, 2.24) is 15.2 Å². The number of hydrogen-bond acceptors (Lipinski definition) is 7. The van der Waals surface area contributed by atoms with Crippen molar-refractivity contribution in [3.63, 3.8) is 0 Å². The molecule has 1 atom stereocenters. The molecule has 0 saturated heterocycles. The summed E-state index contributed by atoms with van der Waals surface area (Å²) in [4.78, 5) is 46.1. The van der Waals surface area contributed by atoms with Crippen LogP contribution in [0.2, 0.25) is 5.02 Å². The van der Waals surface area contributed by atoms with E-state index in [9.17, 15) is 14.4 Å². The molecule has 1 unspecified atom stereocenters. The first-order chi connectivity index (χ1) is 17.8. The van der Waals surface area contributed by atoms with Gasteiger partial charge < -0.3 is 20.5 Å². The summed E-state index contributed by atoms with van der Waals surface area (Å²) in [6, 6.07) is 16.1. The lowest BCUT2D eigenvalue weighted by Gasteiger charge is -2.32. The molecule has 1 aliphatic heterocycles. The number of guanidine groups is 1. The summed E-state index contributed by atoms with van der Waals surface area (Å²) in [6.45, 7) is 2.06. The second-order valence-corrected chi connectivity index (χ2v) is 8.56. The molecule has 0 radical (unpaired) electrons. The van der Waals surface area contributed by atoms with Crippen molar-refractivity contribution in [2.24, 2.45) is 4.99 Å². The van der Waals surface area contributed by atoms with Crippen molar-refractivity contribution in [1.29, 1.82) is 0 Å². The Bertz CT molecular complexity index is 1330. The summed E-state index contributed by atoms with van der Waals surface area (Å²) < 4.78 is 5.73. The van der Waals surface area contributed by atoms with E-state index < -0.39 is 12.0 Å². The lowest BCUT2D eigenvalue weighted by molar-refractivity contribution is -0.133. The van der Waals surface area contributed by atoms with Gasteiger partial charge in [0.15, 0.2) is 5.69 Å². The van der Waals surface area contributed by atoms with Crippen LogP contribution in [0, 0.1) is 0 Å². The van der Waals surface area contributed by atoms with Gasteiger partial charge in [-0.1, -0.05) is 30.7 Å². The minimum absolute atomic E-state index is 0.110. The number of aromatic carboxylic acids is 1. The van der Waals surface area contributed by atoms with Crippen LogP contribution in [0.15, 0.2) is 71.9 Å². The standard InChI is InChI=1S/C26H24ClN5O5/c1-2-23(33)31-22-14-29-26(32(24(22)34)15-16-3-5-17(27)6-4-16)30-18-7-9-19(10-8-18)37-20-11-12-28-21(13-20)25(35)36/h3-13,22H,2,14-15H2,1H3,(H,29,30)(H,31,33)(H,35,36). The first kappa shape index (κ1) is 25.6. The zero-order valence-electron chi connectivity index (χ0n) is 19.8. The molecule has 4 rings (SSSR count). The van der Waals surface area contributed by atoms with E-state index in [0.717, 1.165) is 5.56 Å². The quantitative estimate of drug-likeness (QED) is 0.409. The summed E-state index contributed by atoms with van der Waals surface area (Å²) in [5.41, 5.74) is 1.37. The molecule has 190 valence electrons. The molecule has 2 heterocycles. The molecule has 0 aliphatic carbocycles. The van der Waals surface area contributed by atoms with E-state index in [0.29, 0.717) is 28.2 Å². The predicted molar refractivity (Wildman–Crippen MR) is 138 cm³/mol. The monoisotopic (exact) mass is 521 g/mol. The second-order valence-electron chi connectivity index (χ2n) is 8.12. The number of carbonyl (C=O) groups excluding carboxylic acids is 2. The molecule has 1 aromatic heterocycles. The average molecular weight is 522 g/mol. The number of aromatic nitrogens is 1. The van der Waals surface area contributed by atoms with Gasteiger partial charge in [-0.15, -0.1) is 0 Å². The van der Waals surface area contributed by atoms with Gasteiger partial charge in [0.2, 0.25) is 11.9 Å². The number of carbonyl (C=O) groups is 3. The molecular weight excluding hydrogens is 498 g/mol. The molecule has 2 aromatic carbocycles. The second kappa shape index (κ2) is 11.5. The van der Waals surface area contributed by atoms with Crippen LogP contribution in [0.3, 0.4) is 0 Å². The Kier molecular flexibility index (Phi) is 7.99. The number of hydrogen-bond donors (Lipinski definition) is 3. The Morgan fingerprint density at radius 1 is 1.11 bits per heavy atom. The van der Waals surface area contributed by atoms with Gasteiger partial charge in [0.05, 0.1) is 13.1 Å². The molecule has 0 saturated carbocycles. The van der Waals surface area contributed by atoms with Gasteiger partial charge in [-0.25, -0.2) is 14.8 Å². The van der Waals surface area contributed by atoms with E-state index >= 15 is 0 Å². The number of ether oxygens (including phenoxy) is 1. The fourth-order valence-corrected chi connectivity index (χ4v) is 3.66. The number of anilines is 1. The van der Waals surface area contributed by atoms with Gasteiger partial charge in [0.1, 0.15) is 17.5 Å². The highest BCUT2D eigenvalue weighted by molar-refractivity contribution is 6.30. The largest absolute Gasteiger partial charge is 0.477 e. The number of carboxylic acid groups (broad SMARTS) is 1.